The van der Waals surface area contributed by atoms with Gasteiger partial charge < -0.3 is 0 Å². The number of hydrogen-bond donors (Lipinski definition) is 0. The third-order valence-electron chi connectivity index (χ3n) is 5.82. The number of alkyl halides is 4. The van der Waals surface area contributed by atoms with Gasteiger partial charge in [0.15, 0.2) is 0 Å². The van der Waals surface area contributed by atoms with Crippen molar-refractivity contribution in [2.75, 3.05) is 0 Å². The van der Waals surface area contributed by atoms with Gasteiger partial charge in [-0.05, 0) is 35.4 Å². The predicted molar refractivity (Wildman–Crippen MR) is 158 cm³/mol. The predicted octanol–water partition coefficient (Wildman–Crippen LogP) is 11.0. The first-order valence-corrected chi connectivity index (χ1v) is 14.6. The largest absolute Gasteiger partial charge is 0.121 e. The lowest BCUT2D eigenvalue weighted by molar-refractivity contribution is 0.789. The molecular weight excluding hydrogens is 628 g/mol. The number of thioether (sulfide) groups is 1. The summed E-state index contributed by atoms with van der Waals surface area (Å²) in [5.41, 5.74) is 1.50. The average molecular weight is 646 g/mol. The van der Waals surface area contributed by atoms with Crippen molar-refractivity contribution in [1.29, 1.82) is 0 Å². The van der Waals surface area contributed by atoms with Gasteiger partial charge in [-0.2, -0.15) is 0 Å². The maximum absolute atomic E-state index is 6.84. The molecule has 0 saturated heterocycles. The zero-order valence-corrected chi connectivity index (χ0v) is 24.7. The van der Waals surface area contributed by atoms with Gasteiger partial charge in [0.1, 0.15) is 9.75 Å². The lowest BCUT2D eigenvalue weighted by Crippen LogP contribution is -2.25. The Morgan fingerprint density at radius 2 is 1.00 bits per heavy atom. The van der Waals surface area contributed by atoms with E-state index in [-0.39, 0.29) is 11.8 Å². The molecule has 6 unspecified atom stereocenters. The van der Waals surface area contributed by atoms with E-state index in [1.807, 2.05) is 60.7 Å². The minimum Gasteiger partial charge on any atom is -0.121 e. The van der Waals surface area contributed by atoms with E-state index >= 15 is 0 Å². The Balaban J connectivity index is 1.46. The second-order valence-electron chi connectivity index (χ2n) is 8.16. The van der Waals surface area contributed by atoms with Gasteiger partial charge in [-0.15, -0.1) is 58.2 Å². The summed E-state index contributed by atoms with van der Waals surface area (Å²) in [6.45, 7) is 0. The summed E-state index contributed by atoms with van der Waals surface area (Å²) in [5, 5.41) is 2.14. The summed E-state index contributed by atoms with van der Waals surface area (Å²) in [5.74, 6) is -0.575. The molecule has 0 heterocycles. The minimum absolute atomic E-state index is 0.287. The lowest BCUT2D eigenvalue weighted by Gasteiger charge is -2.32. The molecule has 0 aliphatic heterocycles. The number of allylic oxidation sites excluding steroid dienone is 8. The van der Waals surface area contributed by atoms with E-state index in [0.717, 1.165) is 11.1 Å². The van der Waals surface area contributed by atoms with E-state index in [2.05, 4.69) is 0 Å². The Labute approximate surface area is 249 Å². The van der Waals surface area contributed by atoms with Crippen LogP contribution < -0.4 is 0 Å². The van der Waals surface area contributed by atoms with Gasteiger partial charge in [-0.3, -0.25) is 0 Å². The standard InChI is InChI=1S/C26H18Cl8S/c27-19-7-3-1-5-17(19)25(33)11-9-15(21(29)13-25)23(31)35-24(32)16-10-12-26(34,14-22(16)30)18-6-2-4-8-20(18)28/h1-16,23-24H. The Morgan fingerprint density at radius 3 is 1.34 bits per heavy atom. The molecule has 0 spiro atoms. The Bertz CT molecular complexity index is 1130. The number of halogens is 8. The van der Waals surface area contributed by atoms with E-state index in [4.69, 9.17) is 92.8 Å². The van der Waals surface area contributed by atoms with E-state index in [0.29, 0.717) is 20.1 Å². The van der Waals surface area contributed by atoms with Gasteiger partial charge in [-0.25, -0.2) is 0 Å². The SMILES string of the molecule is ClC1=CC(Cl)(c2ccccc2Cl)C=CC1C(Cl)SC(Cl)C1C=CC(Cl)(c2ccccc2Cl)C=C1Cl. The van der Waals surface area contributed by atoms with E-state index in [9.17, 15) is 0 Å². The summed E-state index contributed by atoms with van der Waals surface area (Å²) in [4.78, 5) is -1.90. The van der Waals surface area contributed by atoms with Crippen molar-refractivity contribution >= 4 is 105 Å². The first-order valence-electron chi connectivity index (χ1n) is 10.5. The fourth-order valence-corrected chi connectivity index (χ4v) is 8.81. The Hall–Kier alpha value is 0.0700. The topological polar surface area (TPSA) is 0 Å². The molecule has 0 N–H and O–H groups in total. The summed E-state index contributed by atoms with van der Waals surface area (Å²) in [6, 6.07) is 14.8. The smallest absolute Gasteiger partial charge is 0.108 e. The number of benzene rings is 2. The minimum atomic E-state index is -0.950. The van der Waals surface area contributed by atoms with Crippen LogP contribution in [0.15, 0.2) is 95.1 Å². The monoisotopic (exact) mass is 642 g/mol. The van der Waals surface area contributed by atoms with Gasteiger partial charge in [0, 0.05) is 31.9 Å². The first-order chi connectivity index (χ1) is 16.5. The Morgan fingerprint density at radius 1 is 0.629 bits per heavy atom. The first kappa shape index (κ1) is 28.1. The molecule has 0 nitrogen and oxygen atoms in total. The molecule has 0 radical (unpaired) electrons. The molecule has 0 fully saturated rings. The molecule has 9 heteroatoms. The lowest BCUT2D eigenvalue weighted by atomic mass is 9.90. The summed E-state index contributed by atoms with van der Waals surface area (Å²) >= 11 is 54.6. The van der Waals surface area contributed by atoms with Crippen LogP contribution in [0.4, 0.5) is 0 Å². The van der Waals surface area contributed by atoms with Gasteiger partial charge in [0.2, 0.25) is 0 Å². The molecule has 2 aromatic rings. The van der Waals surface area contributed by atoms with Crippen LogP contribution in [-0.2, 0) is 9.75 Å². The van der Waals surface area contributed by atoms with E-state index in [1.165, 1.54) is 11.8 Å². The molecule has 4 rings (SSSR count). The quantitative estimate of drug-likeness (QED) is 0.222. The highest BCUT2D eigenvalue weighted by atomic mass is 35.5. The maximum atomic E-state index is 6.84. The van der Waals surface area contributed by atoms with Gasteiger partial charge in [0.05, 0.1) is 9.42 Å². The van der Waals surface area contributed by atoms with Crippen LogP contribution in [0, 0.1) is 11.8 Å². The fraction of sp³-hybridized carbons (Fsp3) is 0.231. The highest BCUT2D eigenvalue weighted by molar-refractivity contribution is 8.02. The van der Waals surface area contributed by atoms with E-state index in [1.54, 1.807) is 24.3 Å². The molecule has 35 heavy (non-hydrogen) atoms. The maximum Gasteiger partial charge on any atom is 0.108 e. The average Bonchev–Trinajstić information content (AvgIpc) is 2.79. The van der Waals surface area contributed by atoms with Crippen LogP contribution in [0.1, 0.15) is 11.1 Å². The Kier molecular flexibility index (Phi) is 9.18. The molecule has 0 saturated carbocycles. The van der Waals surface area contributed by atoms with Crippen molar-refractivity contribution in [3.05, 3.63) is 116 Å². The van der Waals surface area contributed by atoms with Gasteiger partial charge in [-0.1, -0.05) is 107 Å². The van der Waals surface area contributed by atoms with Crippen molar-refractivity contribution in [3.63, 3.8) is 0 Å². The van der Waals surface area contributed by atoms with Crippen LogP contribution in [0.3, 0.4) is 0 Å². The normalized spacial score (nSPS) is 29.9. The van der Waals surface area contributed by atoms with Crippen LogP contribution >= 0.6 is 105 Å². The van der Waals surface area contributed by atoms with Crippen LogP contribution in [0.2, 0.25) is 10.0 Å². The molecular formula is C26H18Cl8S. The molecule has 184 valence electrons. The summed E-state index contributed by atoms with van der Waals surface area (Å²) in [7, 11) is 0. The second-order valence-corrected chi connectivity index (χ2v) is 13.8. The molecule has 6 atom stereocenters. The van der Waals surface area contributed by atoms with Crippen molar-refractivity contribution in [3.8, 4) is 0 Å². The van der Waals surface area contributed by atoms with Crippen molar-refractivity contribution in [2.24, 2.45) is 11.8 Å². The van der Waals surface area contributed by atoms with Crippen LogP contribution in [0.5, 0.6) is 0 Å². The second kappa shape index (κ2) is 11.4. The number of hydrogen-bond acceptors (Lipinski definition) is 1. The highest BCUT2D eigenvalue weighted by Gasteiger charge is 2.38. The fourth-order valence-electron chi connectivity index (χ4n) is 3.96. The molecule has 2 aliphatic carbocycles. The molecule has 0 amide bonds. The van der Waals surface area contributed by atoms with Gasteiger partial charge >= 0.3 is 0 Å². The van der Waals surface area contributed by atoms with Crippen molar-refractivity contribution in [1.82, 2.24) is 0 Å². The molecule has 0 bridgehead atoms. The van der Waals surface area contributed by atoms with E-state index < -0.39 is 19.2 Å². The molecule has 0 aromatic heterocycles. The zero-order valence-electron chi connectivity index (χ0n) is 17.8. The zero-order chi connectivity index (χ0) is 25.4. The van der Waals surface area contributed by atoms with Crippen molar-refractivity contribution < 1.29 is 0 Å². The highest BCUT2D eigenvalue weighted by Crippen LogP contribution is 2.49. The summed E-state index contributed by atoms with van der Waals surface area (Å²) in [6.07, 6.45) is 11.0. The number of rotatable bonds is 6. The van der Waals surface area contributed by atoms with Gasteiger partial charge in [0.25, 0.3) is 0 Å². The molecule has 2 aromatic carbocycles. The summed E-state index contributed by atoms with van der Waals surface area (Å²) < 4.78 is -0.928. The third kappa shape index (κ3) is 6.06. The molecule has 2 aliphatic rings. The van der Waals surface area contributed by atoms with Crippen LogP contribution in [0.25, 0.3) is 0 Å². The third-order valence-corrected chi connectivity index (χ3v) is 10.3. The van der Waals surface area contributed by atoms with Crippen molar-refractivity contribution in [2.45, 2.75) is 19.2 Å². The van der Waals surface area contributed by atoms with Crippen LogP contribution in [-0.4, -0.2) is 9.42 Å².